The van der Waals surface area contributed by atoms with Gasteiger partial charge < -0.3 is 5.32 Å². The van der Waals surface area contributed by atoms with Gasteiger partial charge in [-0.25, -0.2) is 0 Å². The molecule has 0 aromatic rings. The molecule has 1 radical (unpaired) electrons. The van der Waals surface area contributed by atoms with Gasteiger partial charge in [-0.05, 0) is 12.2 Å². The number of allylic oxidation sites excluding steroid dienone is 2. The molecule has 0 unspecified atom stereocenters. The first-order valence-electron chi connectivity index (χ1n) is 2.74. The van der Waals surface area contributed by atoms with Crippen molar-refractivity contribution in [3.8, 4) is 0 Å². The Kier molecular flexibility index (Phi) is 2.13. The molecule has 0 fully saturated rings. The van der Waals surface area contributed by atoms with E-state index in [-0.39, 0.29) is 5.50 Å². The minimum Gasteiger partial charge on any atom is -0.366 e. The Morgan fingerprint density at radius 3 is 2.27 bits per heavy atom. The molecule has 1 aliphatic rings. The summed E-state index contributed by atoms with van der Waals surface area (Å²) in [7, 11) is 0. The molecule has 0 aliphatic carbocycles. The van der Waals surface area contributed by atoms with Crippen molar-refractivity contribution >= 4 is 11.6 Å². The van der Waals surface area contributed by atoms with Crippen molar-refractivity contribution in [2.75, 3.05) is 0 Å². The molecule has 61 valence electrons. The van der Waals surface area contributed by atoms with Crippen LogP contribution >= 0.6 is 11.6 Å². The lowest BCUT2D eigenvalue weighted by Gasteiger charge is -2.13. The smallest absolute Gasteiger partial charge is 0.366 e. The highest BCUT2D eigenvalue weighted by Crippen LogP contribution is 2.28. The molecule has 1 heterocycles. The molecule has 0 saturated carbocycles. The number of rotatable bonds is 0. The summed E-state index contributed by atoms with van der Waals surface area (Å²) >= 11 is 5.34. The van der Waals surface area contributed by atoms with E-state index in [9.17, 15) is 13.2 Å². The maximum atomic E-state index is 11.9. The third-order valence-corrected chi connectivity index (χ3v) is 1.34. The normalized spacial score (nSPS) is 19.5. The van der Waals surface area contributed by atoms with Crippen LogP contribution in [0, 0.1) is 5.50 Å². The van der Waals surface area contributed by atoms with Gasteiger partial charge in [-0.2, -0.15) is 13.2 Å². The van der Waals surface area contributed by atoms with Crippen LogP contribution in [0.5, 0.6) is 0 Å². The number of hydrogen-bond acceptors (Lipinski definition) is 1. The van der Waals surface area contributed by atoms with E-state index in [1.54, 1.807) is 0 Å². The van der Waals surface area contributed by atoms with E-state index in [1.807, 2.05) is 0 Å². The summed E-state index contributed by atoms with van der Waals surface area (Å²) < 4.78 is 35.6. The van der Waals surface area contributed by atoms with Crippen molar-refractivity contribution in [1.82, 2.24) is 5.32 Å². The van der Waals surface area contributed by atoms with Crippen molar-refractivity contribution in [2.24, 2.45) is 0 Å². The molecule has 0 aromatic heterocycles. The van der Waals surface area contributed by atoms with Crippen molar-refractivity contribution in [1.29, 1.82) is 0 Å². The van der Waals surface area contributed by atoms with Gasteiger partial charge in [0.2, 0.25) is 0 Å². The predicted octanol–water partition coefficient (Wildman–Crippen LogP) is 2.32. The molecule has 0 bridgehead atoms. The predicted molar refractivity (Wildman–Crippen MR) is 35.5 cm³/mol. The van der Waals surface area contributed by atoms with E-state index in [2.05, 4.69) is 5.32 Å². The fourth-order valence-electron chi connectivity index (χ4n) is 0.582. The van der Waals surface area contributed by atoms with E-state index in [0.29, 0.717) is 0 Å². The minimum atomic E-state index is -4.30. The first kappa shape index (κ1) is 8.46. The van der Waals surface area contributed by atoms with Gasteiger partial charge in [0.25, 0.3) is 0 Å². The van der Waals surface area contributed by atoms with E-state index in [0.717, 1.165) is 18.4 Å². The second-order valence-corrected chi connectivity index (χ2v) is 2.33. The SMILES string of the molecule is FC(F)(F)C1=CN[C](Cl)C=C1. The first-order chi connectivity index (χ1) is 5.00. The fraction of sp³-hybridized carbons (Fsp3) is 0.167. The molecule has 0 amide bonds. The topological polar surface area (TPSA) is 12.0 Å². The number of alkyl halides is 3. The van der Waals surface area contributed by atoms with Crippen LogP contribution in [-0.4, -0.2) is 6.18 Å². The maximum absolute atomic E-state index is 11.9. The second-order valence-electron chi connectivity index (χ2n) is 1.92. The van der Waals surface area contributed by atoms with Gasteiger partial charge >= 0.3 is 6.18 Å². The molecular formula is C6H4ClF3N. The first-order valence-corrected chi connectivity index (χ1v) is 3.12. The van der Waals surface area contributed by atoms with Crippen LogP contribution < -0.4 is 5.32 Å². The summed E-state index contributed by atoms with van der Waals surface area (Å²) in [6.45, 7) is 0. The Hall–Kier alpha value is -0.640. The number of halogens is 4. The van der Waals surface area contributed by atoms with Gasteiger partial charge in [0.05, 0.1) is 5.57 Å². The zero-order valence-electron chi connectivity index (χ0n) is 5.24. The van der Waals surface area contributed by atoms with E-state index < -0.39 is 11.7 Å². The van der Waals surface area contributed by atoms with Crippen molar-refractivity contribution in [3.05, 3.63) is 29.4 Å². The van der Waals surface area contributed by atoms with Gasteiger partial charge in [0.1, 0.15) is 0 Å². The highest BCUT2D eigenvalue weighted by Gasteiger charge is 2.32. The number of dihydropyridines is 1. The number of nitrogens with one attached hydrogen (secondary N) is 1. The molecule has 1 rings (SSSR count). The van der Waals surface area contributed by atoms with Crippen molar-refractivity contribution in [2.45, 2.75) is 6.18 Å². The molecule has 0 saturated heterocycles. The molecular weight excluding hydrogens is 179 g/mol. The van der Waals surface area contributed by atoms with E-state index in [4.69, 9.17) is 11.6 Å². The van der Waals surface area contributed by atoms with Gasteiger partial charge in [-0.15, -0.1) is 0 Å². The highest BCUT2D eigenvalue weighted by molar-refractivity contribution is 6.28. The summed E-state index contributed by atoms with van der Waals surface area (Å²) in [5.41, 5.74) is -0.556. The third-order valence-electron chi connectivity index (χ3n) is 1.10. The monoisotopic (exact) mass is 182 g/mol. The Morgan fingerprint density at radius 1 is 1.27 bits per heavy atom. The van der Waals surface area contributed by atoms with Gasteiger partial charge in [0, 0.05) is 6.20 Å². The molecule has 0 aromatic carbocycles. The Bertz CT molecular complexity index is 206. The summed E-state index contributed by atoms with van der Waals surface area (Å²) in [4.78, 5) is 0. The van der Waals surface area contributed by atoms with Crippen LogP contribution in [0.2, 0.25) is 0 Å². The molecule has 0 atom stereocenters. The lowest BCUT2D eigenvalue weighted by atomic mass is 10.2. The molecule has 1 N–H and O–H groups in total. The average Bonchev–Trinajstić information content (AvgIpc) is 1.86. The zero-order valence-corrected chi connectivity index (χ0v) is 6.00. The Labute approximate surface area is 66.5 Å². The third kappa shape index (κ3) is 2.15. The second kappa shape index (κ2) is 2.77. The van der Waals surface area contributed by atoms with E-state index in [1.165, 1.54) is 0 Å². The molecule has 0 spiro atoms. The highest BCUT2D eigenvalue weighted by atomic mass is 35.5. The van der Waals surface area contributed by atoms with Gasteiger partial charge in [-0.3, -0.25) is 0 Å². The Balaban J connectivity index is 2.71. The molecule has 5 heteroatoms. The zero-order chi connectivity index (χ0) is 8.48. The standard InChI is InChI=1S/C6H4ClF3N/c7-5-2-1-4(3-11-5)6(8,9)10/h1-3,11H. The lowest BCUT2D eigenvalue weighted by Crippen LogP contribution is -2.19. The van der Waals surface area contributed by atoms with Crippen molar-refractivity contribution < 1.29 is 13.2 Å². The largest absolute Gasteiger partial charge is 0.417 e. The minimum absolute atomic E-state index is 0.179. The van der Waals surface area contributed by atoms with Crippen LogP contribution in [0.1, 0.15) is 0 Å². The lowest BCUT2D eigenvalue weighted by molar-refractivity contribution is -0.0886. The van der Waals surface area contributed by atoms with Crippen molar-refractivity contribution in [3.63, 3.8) is 0 Å². The molecule has 1 nitrogen and oxygen atoms in total. The number of hydrogen-bond donors (Lipinski definition) is 1. The quantitative estimate of drug-likeness (QED) is 0.567. The fourth-order valence-corrected chi connectivity index (χ4v) is 0.700. The van der Waals surface area contributed by atoms with E-state index >= 15 is 0 Å². The van der Waals surface area contributed by atoms with Crippen LogP contribution in [0.25, 0.3) is 0 Å². The summed E-state index contributed by atoms with van der Waals surface area (Å²) in [5, 5.41) is 2.25. The molecule has 1 aliphatic heterocycles. The summed E-state index contributed by atoms with van der Waals surface area (Å²) in [6.07, 6.45) is -1.41. The molecule has 11 heavy (non-hydrogen) atoms. The average molecular weight is 183 g/mol. The van der Waals surface area contributed by atoms with Crippen LogP contribution in [0.3, 0.4) is 0 Å². The van der Waals surface area contributed by atoms with Crippen LogP contribution in [0.15, 0.2) is 23.9 Å². The van der Waals surface area contributed by atoms with Gasteiger partial charge in [0.15, 0.2) is 5.50 Å². The maximum Gasteiger partial charge on any atom is 0.417 e. The summed E-state index contributed by atoms with van der Waals surface area (Å²) in [6, 6.07) is 0. The Morgan fingerprint density at radius 2 is 1.91 bits per heavy atom. The summed E-state index contributed by atoms with van der Waals surface area (Å²) in [5.74, 6) is 0. The van der Waals surface area contributed by atoms with Crippen LogP contribution in [0.4, 0.5) is 13.2 Å². The van der Waals surface area contributed by atoms with Gasteiger partial charge in [-0.1, -0.05) is 11.6 Å². The van der Waals surface area contributed by atoms with Crippen LogP contribution in [-0.2, 0) is 0 Å².